The summed E-state index contributed by atoms with van der Waals surface area (Å²) in [6.45, 7) is 6.66. The lowest BCUT2D eigenvalue weighted by Crippen LogP contribution is -2.54. The van der Waals surface area contributed by atoms with Gasteiger partial charge in [0.05, 0.1) is 18.8 Å². The number of β-amino-alcohol motifs (C(OH)–C–C–N with tert-alkyl or cyclic N) is 1. The number of anilines is 1. The Bertz CT molecular complexity index is 1230. The fourth-order valence-electron chi connectivity index (χ4n) is 5.19. The van der Waals surface area contributed by atoms with Gasteiger partial charge in [-0.3, -0.25) is 0 Å². The number of hydrogen-bond acceptors (Lipinski definition) is 7. The highest BCUT2D eigenvalue weighted by atomic mass is 35.5. The van der Waals surface area contributed by atoms with E-state index in [1.807, 2.05) is 6.92 Å². The maximum atomic E-state index is 14.6. The molecule has 2 atom stereocenters. The van der Waals surface area contributed by atoms with E-state index in [-0.39, 0.29) is 12.3 Å². The van der Waals surface area contributed by atoms with Crippen LogP contribution >= 0.6 is 11.6 Å². The van der Waals surface area contributed by atoms with Crippen LogP contribution in [0.3, 0.4) is 0 Å². The highest BCUT2D eigenvalue weighted by molar-refractivity contribution is 6.30. The maximum Gasteiger partial charge on any atom is 0.190 e. The maximum absolute atomic E-state index is 14.6. The second-order valence-electron chi connectivity index (χ2n) is 9.24. The fraction of sp³-hybridized carbons (Fsp3) is 0.500. The lowest BCUT2D eigenvalue weighted by atomic mass is 9.80. The van der Waals surface area contributed by atoms with Crippen LogP contribution in [-0.4, -0.2) is 69.1 Å². The first-order chi connectivity index (χ1) is 16.5. The minimum absolute atomic E-state index is 0.169. The molecule has 2 aliphatic heterocycles. The molecule has 10 heteroatoms. The third-order valence-corrected chi connectivity index (χ3v) is 7.37. The first-order valence-corrected chi connectivity index (χ1v) is 12.0. The van der Waals surface area contributed by atoms with E-state index in [0.717, 1.165) is 38.5 Å². The lowest BCUT2D eigenvalue weighted by molar-refractivity contribution is 0.101. The van der Waals surface area contributed by atoms with Gasteiger partial charge in [-0.2, -0.15) is 10.4 Å². The van der Waals surface area contributed by atoms with Gasteiger partial charge in [-0.25, -0.2) is 19.0 Å². The molecule has 2 fully saturated rings. The SMILES string of the molecule is CC(c1ccc(Cl)cc1F)n1nc(C#N)c2ncc(N3CC(C4CCCN(CCO)C4)C3)nc21. The van der Waals surface area contributed by atoms with Crippen molar-refractivity contribution < 1.29 is 9.50 Å². The Hall–Kier alpha value is -2.80. The predicted octanol–water partition coefficient (Wildman–Crippen LogP) is 3.24. The molecule has 0 radical (unpaired) electrons. The minimum Gasteiger partial charge on any atom is -0.395 e. The highest BCUT2D eigenvalue weighted by Crippen LogP contribution is 2.34. The number of likely N-dealkylation sites (tertiary alicyclic amines) is 1. The Balaban J connectivity index is 1.38. The summed E-state index contributed by atoms with van der Waals surface area (Å²) in [7, 11) is 0. The number of nitrogens with zero attached hydrogens (tertiary/aromatic N) is 7. The van der Waals surface area contributed by atoms with Gasteiger partial charge in [0.2, 0.25) is 0 Å². The molecule has 3 aromatic rings. The molecule has 5 rings (SSSR count). The smallest absolute Gasteiger partial charge is 0.190 e. The Kier molecular flexibility index (Phi) is 6.38. The van der Waals surface area contributed by atoms with Crippen molar-refractivity contribution in [2.24, 2.45) is 11.8 Å². The van der Waals surface area contributed by atoms with Crippen LogP contribution in [0.5, 0.6) is 0 Å². The zero-order valence-electron chi connectivity index (χ0n) is 19.0. The standard InChI is InChI=1S/C24H27ClFN7O/c1-15(19-5-4-18(25)9-20(19)26)33-24-23(21(10-27)30-33)28-11-22(29-24)32-13-17(14-32)16-3-2-6-31(12-16)7-8-34/h4-5,9,11,15-17,34H,2-3,6-8,12-14H2,1H3. The molecule has 0 amide bonds. The van der Waals surface area contributed by atoms with Gasteiger partial charge in [0, 0.05) is 36.8 Å². The van der Waals surface area contributed by atoms with Crippen LogP contribution in [0.15, 0.2) is 24.4 Å². The van der Waals surface area contributed by atoms with Gasteiger partial charge in [-0.1, -0.05) is 17.7 Å². The van der Waals surface area contributed by atoms with Gasteiger partial charge >= 0.3 is 0 Å². The summed E-state index contributed by atoms with van der Waals surface area (Å²) >= 11 is 5.91. The Labute approximate surface area is 202 Å². The number of aliphatic hydroxyl groups excluding tert-OH is 1. The van der Waals surface area contributed by atoms with E-state index in [9.17, 15) is 14.8 Å². The molecule has 34 heavy (non-hydrogen) atoms. The van der Waals surface area contributed by atoms with Crippen molar-refractivity contribution in [3.63, 3.8) is 0 Å². The van der Waals surface area contributed by atoms with E-state index in [2.05, 4.69) is 26.0 Å². The second-order valence-corrected chi connectivity index (χ2v) is 9.68. The van der Waals surface area contributed by atoms with Crippen LogP contribution < -0.4 is 4.90 Å². The fourth-order valence-corrected chi connectivity index (χ4v) is 5.35. The average molecular weight is 484 g/mol. The predicted molar refractivity (Wildman–Crippen MR) is 127 cm³/mol. The van der Waals surface area contributed by atoms with E-state index in [0.29, 0.717) is 33.6 Å². The summed E-state index contributed by atoms with van der Waals surface area (Å²) in [6, 6.07) is 6.12. The normalized spacial score (nSPS) is 20.3. The number of benzene rings is 1. The number of piperidine rings is 1. The summed E-state index contributed by atoms with van der Waals surface area (Å²) in [5.41, 5.74) is 1.46. The molecular formula is C24H27ClFN7O. The average Bonchev–Trinajstić information content (AvgIpc) is 3.16. The Morgan fingerprint density at radius 3 is 2.85 bits per heavy atom. The molecule has 2 unspecified atom stereocenters. The summed E-state index contributed by atoms with van der Waals surface area (Å²) in [5.74, 6) is 1.51. The molecule has 1 aromatic carbocycles. The Morgan fingerprint density at radius 2 is 2.12 bits per heavy atom. The number of nitriles is 1. The highest BCUT2D eigenvalue weighted by Gasteiger charge is 2.36. The van der Waals surface area contributed by atoms with Crippen LogP contribution in [0.2, 0.25) is 5.02 Å². The lowest BCUT2D eigenvalue weighted by Gasteiger charge is -2.47. The molecule has 0 bridgehead atoms. The third-order valence-electron chi connectivity index (χ3n) is 7.13. The molecule has 2 aliphatic rings. The largest absolute Gasteiger partial charge is 0.395 e. The molecule has 178 valence electrons. The molecule has 8 nitrogen and oxygen atoms in total. The molecule has 4 heterocycles. The van der Waals surface area contributed by atoms with E-state index < -0.39 is 11.9 Å². The van der Waals surface area contributed by atoms with Crippen molar-refractivity contribution in [1.82, 2.24) is 24.6 Å². The zero-order chi connectivity index (χ0) is 23.8. The summed E-state index contributed by atoms with van der Waals surface area (Å²) < 4.78 is 16.2. The van der Waals surface area contributed by atoms with Crippen molar-refractivity contribution in [3.05, 3.63) is 46.5 Å². The van der Waals surface area contributed by atoms with Crippen LogP contribution in [0.25, 0.3) is 11.2 Å². The second kappa shape index (κ2) is 9.45. The van der Waals surface area contributed by atoms with E-state index in [1.165, 1.54) is 18.9 Å². The zero-order valence-corrected chi connectivity index (χ0v) is 19.8. The molecule has 1 N–H and O–H groups in total. The topological polar surface area (TPSA) is 94.1 Å². The van der Waals surface area contributed by atoms with E-state index in [4.69, 9.17) is 16.6 Å². The molecule has 2 saturated heterocycles. The number of halogens is 2. The number of aliphatic hydroxyl groups is 1. The van der Waals surface area contributed by atoms with Crippen molar-refractivity contribution in [3.8, 4) is 6.07 Å². The van der Waals surface area contributed by atoms with E-state index >= 15 is 0 Å². The minimum atomic E-state index is -0.490. The van der Waals surface area contributed by atoms with Crippen molar-refractivity contribution in [2.45, 2.75) is 25.8 Å². The first kappa shape index (κ1) is 23.0. The van der Waals surface area contributed by atoms with Crippen molar-refractivity contribution >= 4 is 28.6 Å². The van der Waals surface area contributed by atoms with Crippen LogP contribution in [-0.2, 0) is 0 Å². The van der Waals surface area contributed by atoms with Crippen LogP contribution in [0, 0.1) is 29.0 Å². The third kappa shape index (κ3) is 4.22. The van der Waals surface area contributed by atoms with E-state index in [1.54, 1.807) is 23.0 Å². The van der Waals surface area contributed by atoms with Gasteiger partial charge in [-0.15, -0.1) is 0 Å². The molecule has 0 spiro atoms. The number of aromatic nitrogens is 4. The van der Waals surface area contributed by atoms with Gasteiger partial charge in [0.15, 0.2) is 11.3 Å². The van der Waals surface area contributed by atoms with Crippen LogP contribution in [0.1, 0.15) is 37.1 Å². The van der Waals surface area contributed by atoms with Crippen molar-refractivity contribution in [1.29, 1.82) is 5.26 Å². The monoisotopic (exact) mass is 483 g/mol. The van der Waals surface area contributed by atoms with Crippen LogP contribution in [0.4, 0.5) is 10.2 Å². The summed E-state index contributed by atoms with van der Waals surface area (Å²) in [5, 5.41) is 23.5. The molecule has 2 aromatic heterocycles. The van der Waals surface area contributed by atoms with Gasteiger partial charge in [-0.05, 0) is 50.3 Å². The summed E-state index contributed by atoms with van der Waals surface area (Å²) in [4.78, 5) is 13.8. The first-order valence-electron chi connectivity index (χ1n) is 11.7. The summed E-state index contributed by atoms with van der Waals surface area (Å²) in [6.07, 6.45) is 4.08. The molecule has 0 aliphatic carbocycles. The van der Waals surface area contributed by atoms with Gasteiger partial charge < -0.3 is 14.9 Å². The number of rotatable bonds is 6. The number of fused-ring (bicyclic) bond motifs is 1. The molecular weight excluding hydrogens is 457 g/mol. The van der Waals surface area contributed by atoms with Gasteiger partial charge in [0.1, 0.15) is 23.2 Å². The Morgan fingerprint density at radius 1 is 1.29 bits per heavy atom. The number of hydrogen-bond donors (Lipinski definition) is 1. The quantitative estimate of drug-likeness (QED) is 0.575. The van der Waals surface area contributed by atoms with Crippen molar-refractivity contribution in [2.75, 3.05) is 44.2 Å². The van der Waals surface area contributed by atoms with Gasteiger partial charge in [0.25, 0.3) is 0 Å². The molecule has 0 saturated carbocycles.